The number of hydrogen-bond acceptors (Lipinski definition) is 2. The predicted octanol–water partition coefficient (Wildman–Crippen LogP) is 3.01. The van der Waals surface area contributed by atoms with E-state index in [-0.39, 0.29) is 0 Å². The number of hydrogen-bond donors (Lipinski definition) is 2. The largest absolute Gasteiger partial charge is 0.386 e. The van der Waals surface area contributed by atoms with E-state index < -0.39 is 5.60 Å². The molecule has 0 aliphatic heterocycles. The Morgan fingerprint density at radius 1 is 1.32 bits per heavy atom. The monoisotopic (exact) mass is 258 g/mol. The Morgan fingerprint density at radius 2 is 2.05 bits per heavy atom. The molecule has 0 amide bonds. The van der Waals surface area contributed by atoms with Crippen LogP contribution in [0.2, 0.25) is 0 Å². The zero-order valence-electron chi connectivity index (χ0n) is 12.1. The molecule has 0 unspecified atom stereocenters. The normalized spacial score (nSPS) is 12.9. The van der Waals surface area contributed by atoms with Crippen molar-refractivity contribution >= 4 is 17.0 Å². The molecule has 102 valence electrons. The van der Waals surface area contributed by atoms with Crippen LogP contribution in [-0.4, -0.2) is 34.7 Å². The van der Waals surface area contributed by atoms with Crippen LogP contribution in [0.1, 0.15) is 25.0 Å². The van der Waals surface area contributed by atoms with Crippen molar-refractivity contribution in [2.45, 2.75) is 26.0 Å². The smallest absolute Gasteiger partial charge is 0.0774 e. The lowest BCUT2D eigenvalue weighted by Gasteiger charge is -2.12. The van der Waals surface area contributed by atoms with Crippen molar-refractivity contribution in [3.8, 4) is 0 Å². The van der Waals surface area contributed by atoms with E-state index in [1.54, 1.807) is 13.8 Å². The molecule has 0 saturated carbocycles. The summed E-state index contributed by atoms with van der Waals surface area (Å²) in [5.74, 6) is 0. The topological polar surface area (TPSA) is 39.3 Å². The van der Waals surface area contributed by atoms with Gasteiger partial charge in [-0.25, -0.2) is 0 Å². The van der Waals surface area contributed by atoms with Crippen molar-refractivity contribution in [2.75, 3.05) is 14.1 Å². The first kappa shape index (κ1) is 13.8. The van der Waals surface area contributed by atoms with Crippen molar-refractivity contribution in [1.29, 1.82) is 0 Å². The van der Waals surface area contributed by atoms with Crippen LogP contribution in [0.15, 0.2) is 30.5 Å². The van der Waals surface area contributed by atoms with E-state index in [4.69, 9.17) is 0 Å². The number of fused-ring (bicyclic) bond motifs is 1. The van der Waals surface area contributed by atoms with Crippen molar-refractivity contribution in [3.63, 3.8) is 0 Å². The Hall–Kier alpha value is -1.58. The Balaban J connectivity index is 2.48. The minimum atomic E-state index is -0.791. The van der Waals surface area contributed by atoms with Gasteiger partial charge >= 0.3 is 0 Å². The minimum absolute atomic E-state index is 0.791. The van der Waals surface area contributed by atoms with Crippen LogP contribution in [0.3, 0.4) is 0 Å². The Kier molecular flexibility index (Phi) is 3.78. The fraction of sp³-hybridized carbons (Fsp3) is 0.375. The van der Waals surface area contributed by atoms with Gasteiger partial charge in [0.2, 0.25) is 0 Å². The standard InChI is InChI=1S/C16H22N2O/c1-16(2,19)9-8-12-6-5-7-14-15(12)13(10-17-14)11-18(3)4/h5-10,17,19H,11H2,1-4H3/b9-8+. The van der Waals surface area contributed by atoms with Crippen molar-refractivity contribution in [2.24, 2.45) is 0 Å². The highest BCUT2D eigenvalue weighted by atomic mass is 16.3. The average Bonchev–Trinajstić information content (AvgIpc) is 2.69. The summed E-state index contributed by atoms with van der Waals surface area (Å²) in [6.07, 6.45) is 5.88. The molecule has 0 aliphatic rings. The Labute approximate surface area is 114 Å². The quantitative estimate of drug-likeness (QED) is 0.885. The molecule has 19 heavy (non-hydrogen) atoms. The van der Waals surface area contributed by atoms with Gasteiger partial charge in [-0.15, -0.1) is 0 Å². The maximum atomic E-state index is 9.81. The van der Waals surface area contributed by atoms with Crippen LogP contribution >= 0.6 is 0 Å². The molecule has 3 nitrogen and oxygen atoms in total. The molecule has 1 aromatic carbocycles. The van der Waals surface area contributed by atoms with Gasteiger partial charge in [0.1, 0.15) is 0 Å². The van der Waals surface area contributed by atoms with E-state index in [1.807, 2.05) is 18.2 Å². The number of nitrogens with zero attached hydrogens (tertiary/aromatic N) is 1. The number of benzene rings is 1. The van der Waals surface area contributed by atoms with Crippen LogP contribution < -0.4 is 0 Å². The van der Waals surface area contributed by atoms with Crippen LogP contribution in [0.25, 0.3) is 17.0 Å². The van der Waals surface area contributed by atoms with Crippen molar-refractivity contribution in [1.82, 2.24) is 9.88 Å². The molecule has 1 aromatic heterocycles. The van der Waals surface area contributed by atoms with E-state index in [0.717, 1.165) is 17.6 Å². The number of aromatic amines is 1. The third-order valence-electron chi connectivity index (χ3n) is 2.98. The Morgan fingerprint density at radius 3 is 2.68 bits per heavy atom. The summed E-state index contributed by atoms with van der Waals surface area (Å²) < 4.78 is 0. The highest BCUT2D eigenvalue weighted by Crippen LogP contribution is 2.25. The molecule has 0 spiro atoms. The van der Waals surface area contributed by atoms with Gasteiger partial charge in [0.25, 0.3) is 0 Å². The lowest BCUT2D eigenvalue weighted by Crippen LogP contribution is -2.13. The SMILES string of the molecule is CN(C)Cc1c[nH]c2cccc(/C=C/C(C)(C)O)c12. The average molecular weight is 258 g/mol. The molecule has 2 rings (SSSR count). The zero-order valence-corrected chi connectivity index (χ0v) is 12.1. The predicted molar refractivity (Wildman–Crippen MR) is 81.0 cm³/mol. The molecule has 0 radical (unpaired) electrons. The summed E-state index contributed by atoms with van der Waals surface area (Å²) in [6, 6.07) is 6.19. The van der Waals surface area contributed by atoms with Gasteiger partial charge in [0, 0.05) is 23.6 Å². The van der Waals surface area contributed by atoms with E-state index in [0.29, 0.717) is 0 Å². The second-order valence-electron chi connectivity index (χ2n) is 5.81. The molecular formula is C16H22N2O. The number of H-pyrrole nitrogens is 1. The molecule has 0 fully saturated rings. The van der Waals surface area contributed by atoms with Crippen LogP contribution in [-0.2, 0) is 6.54 Å². The summed E-state index contributed by atoms with van der Waals surface area (Å²) in [6.45, 7) is 4.45. The molecule has 1 heterocycles. The van der Waals surface area contributed by atoms with E-state index in [9.17, 15) is 5.11 Å². The fourth-order valence-electron chi connectivity index (χ4n) is 2.18. The molecule has 3 heteroatoms. The molecule has 0 saturated heterocycles. The van der Waals surface area contributed by atoms with Gasteiger partial charge < -0.3 is 15.0 Å². The van der Waals surface area contributed by atoms with Gasteiger partial charge in [0.05, 0.1) is 5.60 Å². The number of aliphatic hydroxyl groups is 1. The second-order valence-corrected chi connectivity index (χ2v) is 5.81. The van der Waals surface area contributed by atoms with Crippen molar-refractivity contribution in [3.05, 3.63) is 41.6 Å². The summed E-state index contributed by atoms with van der Waals surface area (Å²) in [5, 5.41) is 11.0. The summed E-state index contributed by atoms with van der Waals surface area (Å²) in [5.41, 5.74) is 2.75. The maximum absolute atomic E-state index is 9.81. The van der Waals surface area contributed by atoms with Crippen LogP contribution in [0, 0.1) is 0 Å². The first-order valence-electron chi connectivity index (χ1n) is 6.52. The number of rotatable bonds is 4. The minimum Gasteiger partial charge on any atom is -0.386 e. The summed E-state index contributed by atoms with van der Waals surface area (Å²) in [4.78, 5) is 5.46. The molecule has 0 atom stereocenters. The highest BCUT2D eigenvalue weighted by molar-refractivity contribution is 5.91. The lowest BCUT2D eigenvalue weighted by molar-refractivity contribution is 0.134. The molecule has 2 N–H and O–H groups in total. The molecule has 0 bridgehead atoms. The molecular weight excluding hydrogens is 236 g/mol. The van der Waals surface area contributed by atoms with E-state index in [1.165, 1.54) is 10.9 Å². The highest BCUT2D eigenvalue weighted by Gasteiger charge is 2.10. The van der Waals surface area contributed by atoms with Gasteiger partial charge in [-0.2, -0.15) is 0 Å². The van der Waals surface area contributed by atoms with E-state index >= 15 is 0 Å². The maximum Gasteiger partial charge on any atom is 0.0774 e. The number of aromatic nitrogens is 1. The number of nitrogens with one attached hydrogen (secondary N) is 1. The van der Waals surface area contributed by atoms with Crippen LogP contribution in [0.5, 0.6) is 0 Å². The van der Waals surface area contributed by atoms with Crippen LogP contribution in [0.4, 0.5) is 0 Å². The fourth-order valence-corrected chi connectivity index (χ4v) is 2.18. The van der Waals surface area contributed by atoms with Crippen molar-refractivity contribution < 1.29 is 5.11 Å². The third kappa shape index (κ3) is 3.46. The van der Waals surface area contributed by atoms with Gasteiger partial charge in [0.15, 0.2) is 0 Å². The van der Waals surface area contributed by atoms with Gasteiger partial charge in [-0.3, -0.25) is 0 Å². The second kappa shape index (κ2) is 5.19. The molecule has 2 aromatic rings. The Bertz CT molecular complexity index is 588. The first-order chi connectivity index (χ1) is 8.87. The lowest BCUT2D eigenvalue weighted by atomic mass is 10.0. The third-order valence-corrected chi connectivity index (χ3v) is 2.98. The van der Waals surface area contributed by atoms with E-state index in [2.05, 4.69) is 42.3 Å². The molecule has 0 aliphatic carbocycles. The van der Waals surface area contributed by atoms with Gasteiger partial charge in [-0.1, -0.05) is 24.3 Å². The zero-order chi connectivity index (χ0) is 14.0. The summed E-state index contributed by atoms with van der Waals surface area (Å²) >= 11 is 0. The summed E-state index contributed by atoms with van der Waals surface area (Å²) in [7, 11) is 4.13. The van der Waals surface area contributed by atoms with Gasteiger partial charge in [-0.05, 0) is 45.1 Å². The first-order valence-corrected chi connectivity index (χ1v) is 6.52.